The summed E-state index contributed by atoms with van der Waals surface area (Å²) in [4.78, 5) is 13.4. The summed E-state index contributed by atoms with van der Waals surface area (Å²) in [5.41, 5.74) is 5.28. The first kappa shape index (κ1) is 11.5. The van der Waals surface area contributed by atoms with Crippen LogP contribution in [0.5, 0.6) is 0 Å². The predicted octanol–water partition coefficient (Wildman–Crippen LogP) is 1.23. The van der Waals surface area contributed by atoms with Crippen molar-refractivity contribution in [1.29, 1.82) is 0 Å². The molecule has 0 bridgehead atoms. The molecule has 0 atom stereocenters. The highest BCUT2D eigenvalue weighted by molar-refractivity contribution is 5.76. The lowest BCUT2D eigenvalue weighted by Gasteiger charge is -2.30. The number of carbonyl (C=O) groups is 1. The first-order valence-corrected chi connectivity index (χ1v) is 5.61. The largest absolute Gasteiger partial charge is 0.369 e. The van der Waals surface area contributed by atoms with E-state index in [1.807, 2.05) is 0 Å². The van der Waals surface area contributed by atoms with Crippen molar-refractivity contribution < 1.29 is 4.79 Å². The summed E-state index contributed by atoms with van der Waals surface area (Å²) in [6, 6.07) is 0. The zero-order valence-electron chi connectivity index (χ0n) is 9.33. The van der Waals surface area contributed by atoms with Crippen LogP contribution in [0.2, 0.25) is 0 Å². The highest BCUT2D eigenvalue weighted by atomic mass is 16.1. The summed E-state index contributed by atoms with van der Waals surface area (Å²) in [5.74, 6) is 0.780. The van der Waals surface area contributed by atoms with Gasteiger partial charge in [-0.25, -0.2) is 0 Å². The fourth-order valence-corrected chi connectivity index (χ4v) is 1.88. The van der Waals surface area contributed by atoms with Crippen LogP contribution in [0, 0.1) is 11.8 Å². The van der Waals surface area contributed by atoms with E-state index < -0.39 is 0 Å². The van der Waals surface area contributed by atoms with Crippen LogP contribution < -0.4 is 5.73 Å². The first-order chi connectivity index (χ1) is 6.59. The summed E-state index contributed by atoms with van der Waals surface area (Å²) in [6.45, 7) is 7.75. The molecule has 1 heterocycles. The summed E-state index contributed by atoms with van der Waals surface area (Å²) < 4.78 is 0. The van der Waals surface area contributed by atoms with Crippen molar-refractivity contribution in [2.75, 3.05) is 19.6 Å². The SMILES string of the molecule is CC(C)CCN1CCC(C(N)=O)CC1. The number of carbonyl (C=O) groups excluding carboxylic acids is 1. The number of likely N-dealkylation sites (tertiary alicyclic amines) is 1. The second kappa shape index (κ2) is 5.35. The second-order valence-electron chi connectivity index (χ2n) is 4.70. The molecule has 1 fully saturated rings. The molecule has 1 aliphatic rings. The lowest BCUT2D eigenvalue weighted by Crippen LogP contribution is -2.39. The Kier molecular flexibility index (Phi) is 4.39. The lowest BCUT2D eigenvalue weighted by atomic mass is 9.96. The molecular weight excluding hydrogens is 176 g/mol. The normalized spacial score (nSPS) is 20.2. The van der Waals surface area contributed by atoms with Crippen LogP contribution in [-0.4, -0.2) is 30.4 Å². The number of hydrogen-bond donors (Lipinski definition) is 1. The van der Waals surface area contributed by atoms with E-state index in [9.17, 15) is 4.79 Å². The smallest absolute Gasteiger partial charge is 0.220 e. The highest BCUT2D eigenvalue weighted by Crippen LogP contribution is 2.17. The summed E-state index contributed by atoms with van der Waals surface area (Å²) in [7, 11) is 0. The zero-order chi connectivity index (χ0) is 10.6. The van der Waals surface area contributed by atoms with Gasteiger partial charge in [-0.3, -0.25) is 4.79 Å². The van der Waals surface area contributed by atoms with Gasteiger partial charge < -0.3 is 10.6 Å². The quantitative estimate of drug-likeness (QED) is 0.738. The van der Waals surface area contributed by atoms with Gasteiger partial charge in [0, 0.05) is 5.92 Å². The average Bonchev–Trinajstić information content (AvgIpc) is 2.15. The van der Waals surface area contributed by atoms with Gasteiger partial charge in [0.2, 0.25) is 5.91 Å². The minimum atomic E-state index is -0.117. The Labute approximate surface area is 86.6 Å². The van der Waals surface area contributed by atoms with E-state index in [1.165, 1.54) is 13.0 Å². The Morgan fingerprint density at radius 1 is 1.43 bits per heavy atom. The number of nitrogens with zero attached hydrogens (tertiary/aromatic N) is 1. The third-order valence-electron chi connectivity index (χ3n) is 3.01. The van der Waals surface area contributed by atoms with Crippen molar-refractivity contribution in [3.63, 3.8) is 0 Å². The molecular formula is C11H22N2O. The van der Waals surface area contributed by atoms with Gasteiger partial charge in [0.05, 0.1) is 0 Å². The number of nitrogens with two attached hydrogens (primary N) is 1. The monoisotopic (exact) mass is 198 g/mol. The van der Waals surface area contributed by atoms with Gasteiger partial charge in [-0.1, -0.05) is 13.8 Å². The van der Waals surface area contributed by atoms with Gasteiger partial charge in [-0.2, -0.15) is 0 Å². The van der Waals surface area contributed by atoms with Gasteiger partial charge in [0.25, 0.3) is 0 Å². The van der Waals surface area contributed by atoms with Gasteiger partial charge in [0.1, 0.15) is 0 Å². The van der Waals surface area contributed by atoms with Crippen molar-refractivity contribution in [3.05, 3.63) is 0 Å². The lowest BCUT2D eigenvalue weighted by molar-refractivity contribution is -0.123. The van der Waals surface area contributed by atoms with E-state index in [-0.39, 0.29) is 11.8 Å². The summed E-state index contributed by atoms with van der Waals surface area (Å²) in [5, 5.41) is 0. The zero-order valence-corrected chi connectivity index (χ0v) is 9.33. The third-order valence-corrected chi connectivity index (χ3v) is 3.01. The number of rotatable bonds is 4. The number of amides is 1. The molecule has 82 valence electrons. The standard InChI is InChI=1S/C11H22N2O/c1-9(2)3-6-13-7-4-10(5-8-13)11(12)14/h9-10H,3-8H2,1-2H3,(H2,12,14). The molecule has 0 aromatic heterocycles. The molecule has 0 spiro atoms. The fraction of sp³-hybridized carbons (Fsp3) is 0.909. The number of hydrogen-bond acceptors (Lipinski definition) is 2. The van der Waals surface area contributed by atoms with Gasteiger partial charge in [-0.15, -0.1) is 0 Å². The molecule has 0 unspecified atom stereocenters. The number of primary amides is 1. The summed E-state index contributed by atoms with van der Waals surface area (Å²) in [6.07, 6.45) is 3.15. The maximum atomic E-state index is 10.9. The molecule has 0 aromatic carbocycles. The van der Waals surface area contributed by atoms with Crippen molar-refractivity contribution in [1.82, 2.24) is 4.90 Å². The van der Waals surface area contributed by atoms with Gasteiger partial charge in [0.15, 0.2) is 0 Å². The second-order valence-corrected chi connectivity index (χ2v) is 4.70. The molecule has 1 rings (SSSR count). The topological polar surface area (TPSA) is 46.3 Å². The van der Waals surface area contributed by atoms with E-state index in [2.05, 4.69) is 18.7 Å². The Morgan fingerprint density at radius 2 is 2.00 bits per heavy atom. The van der Waals surface area contributed by atoms with Gasteiger partial charge >= 0.3 is 0 Å². The number of piperidine rings is 1. The molecule has 2 N–H and O–H groups in total. The Morgan fingerprint density at radius 3 is 2.43 bits per heavy atom. The minimum absolute atomic E-state index is 0.117. The van der Waals surface area contributed by atoms with E-state index in [1.54, 1.807) is 0 Å². The molecule has 0 aliphatic carbocycles. The molecule has 1 saturated heterocycles. The molecule has 0 radical (unpaired) electrons. The van der Waals surface area contributed by atoms with E-state index >= 15 is 0 Å². The van der Waals surface area contributed by atoms with E-state index in [4.69, 9.17) is 5.73 Å². The van der Waals surface area contributed by atoms with Crippen LogP contribution >= 0.6 is 0 Å². The molecule has 1 amide bonds. The molecule has 3 nitrogen and oxygen atoms in total. The van der Waals surface area contributed by atoms with Crippen LogP contribution in [0.4, 0.5) is 0 Å². The summed E-state index contributed by atoms with van der Waals surface area (Å²) >= 11 is 0. The van der Waals surface area contributed by atoms with Crippen molar-refractivity contribution in [2.24, 2.45) is 17.6 Å². The third kappa shape index (κ3) is 3.66. The van der Waals surface area contributed by atoms with Crippen LogP contribution in [0.3, 0.4) is 0 Å². The Bertz CT molecular complexity index is 184. The van der Waals surface area contributed by atoms with Crippen LogP contribution in [0.15, 0.2) is 0 Å². The maximum Gasteiger partial charge on any atom is 0.220 e. The van der Waals surface area contributed by atoms with Crippen LogP contribution in [0.1, 0.15) is 33.1 Å². The molecule has 0 saturated carbocycles. The average molecular weight is 198 g/mol. The Balaban J connectivity index is 2.19. The molecule has 3 heteroatoms. The molecule has 14 heavy (non-hydrogen) atoms. The van der Waals surface area contributed by atoms with Gasteiger partial charge in [-0.05, 0) is 44.8 Å². The first-order valence-electron chi connectivity index (χ1n) is 5.61. The van der Waals surface area contributed by atoms with Crippen molar-refractivity contribution >= 4 is 5.91 Å². The fourth-order valence-electron chi connectivity index (χ4n) is 1.88. The minimum Gasteiger partial charge on any atom is -0.369 e. The molecule has 0 aromatic rings. The Hall–Kier alpha value is -0.570. The van der Waals surface area contributed by atoms with Crippen molar-refractivity contribution in [3.8, 4) is 0 Å². The van der Waals surface area contributed by atoms with Crippen LogP contribution in [-0.2, 0) is 4.79 Å². The van der Waals surface area contributed by atoms with Crippen molar-refractivity contribution in [2.45, 2.75) is 33.1 Å². The van der Waals surface area contributed by atoms with E-state index in [0.29, 0.717) is 0 Å². The van der Waals surface area contributed by atoms with E-state index in [0.717, 1.165) is 31.8 Å². The highest BCUT2D eigenvalue weighted by Gasteiger charge is 2.22. The van der Waals surface area contributed by atoms with Crippen LogP contribution in [0.25, 0.3) is 0 Å². The molecule has 1 aliphatic heterocycles. The maximum absolute atomic E-state index is 10.9. The predicted molar refractivity (Wildman–Crippen MR) is 57.8 cm³/mol.